The van der Waals surface area contributed by atoms with E-state index in [1.165, 1.54) is 5.56 Å². The monoisotopic (exact) mass is 409 g/mol. The molecule has 8 nitrogen and oxygen atoms in total. The average Bonchev–Trinajstić information content (AvgIpc) is 3.49. The van der Waals surface area contributed by atoms with Gasteiger partial charge >= 0.3 is 0 Å². The largest absolute Gasteiger partial charge is 0.365 e. The molecule has 3 heterocycles. The summed E-state index contributed by atoms with van der Waals surface area (Å²) in [4.78, 5) is 27.1. The van der Waals surface area contributed by atoms with Gasteiger partial charge in [0.2, 0.25) is 5.91 Å². The summed E-state index contributed by atoms with van der Waals surface area (Å²) in [7, 11) is 0. The normalized spacial score (nSPS) is 21.9. The molecule has 2 aromatic rings. The number of amides is 2. The third-order valence-corrected chi connectivity index (χ3v) is 6.33. The summed E-state index contributed by atoms with van der Waals surface area (Å²) in [5, 5.41) is 11.5. The van der Waals surface area contributed by atoms with E-state index in [4.69, 9.17) is 4.74 Å². The summed E-state index contributed by atoms with van der Waals surface area (Å²) in [6.07, 6.45) is 3.48. The molecule has 1 N–H and O–H groups in total. The highest BCUT2D eigenvalue weighted by Gasteiger charge is 2.34. The Morgan fingerprint density at radius 2 is 1.83 bits per heavy atom. The summed E-state index contributed by atoms with van der Waals surface area (Å²) in [6.45, 7) is 4.05. The molecule has 3 aliphatic rings. The fourth-order valence-electron chi connectivity index (χ4n) is 4.20. The predicted molar refractivity (Wildman–Crippen MR) is 109 cm³/mol. The fourth-order valence-corrected chi connectivity index (χ4v) is 4.20. The first-order valence-electron chi connectivity index (χ1n) is 10.8. The molecule has 1 unspecified atom stereocenters. The molecule has 2 fully saturated rings. The van der Waals surface area contributed by atoms with E-state index in [0.29, 0.717) is 50.8 Å². The minimum absolute atomic E-state index is 0.00212. The number of benzene rings is 1. The lowest BCUT2D eigenvalue weighted by Gasteiger charge is -2.31. The summed E-state index contributed by atoms with van der Waals surface area (Å²) < 4.78 is 7.82. The van der Waals surface area contributed by atoms with Crippen LogP contribution in [0.2, 0.25) is 0 Å². The molecule has 1 saturated carbocycles. The highest BCUT2D eigenvalue weighted by Crippen LogP contribution is 2.28. The van der Waals surface area contributed by atoms with E-state index in [1.807, 2.05) is 0 Å². The van der Waals surface area contributed by atoms with Crippen LogP contribution in [0.5, 0.6) is 0 Å². The maximum Gasteiger partial charge on any atom is 0.276 e. The second-order valence-corrected chi connectivity index (χ2v) is 8.63. The van der Waals surface area contributed by atoms with Crippen molar-refractivity contribution in [2.75, 3.05) is 13.1 Å². The van der Waals surface area contributed by atoms with E-state index in [9.17, 15) is 9.59 Å². The molecule has 5 rings (SSSR count). The van der Waals surface area contributed by atoms with Crippen molar-refractivity contribution < 1.29 is 14.3 Å². The molecule has 30 heavy (non-hydrogen) atoms. The Labute approximate surface area is 175 Å². The van der Waals surface area contributed by atoms with Gasteiger partial charge in [0.25, 0.3) is 5.91 Å². The van der Waals surface area contributed by atoms with Gasteiger partial charge in [0.1, 0.15) is 6.10 Å². The van der Waals surface area contributed by atoms with Crippen molar-refractivity contribution in [3.8, 4) is 0 Å². The molecule has 0 radical (unpaired) electrons. The van der Waals surface area contributed by atoms with Crippen LogP contribution < -0.4 is 5.32 Å². The number of likely N-dealkylation sites (tertiary alicyclic amines) is 1. The summed E-state index contributed by atoms with van der Waals surface area (Å²) in [5.41, 5.74) is 3.41. The number of fused-ring (bicyclic) bond motifs is 1. The Morgan fingerprint density at radius 1 is 1.10 bits per heavy atom. The standard InChI is InChI=1S/C22H27N5O3/c1-14-2-4-15(5-3-14)19-12-27-18(13-30-19)20(24-25-27)22(29)26-10-8-16(9-11-26)21(28)23-17-6-7-17/h2-5,16-17,19H,6-13H2,1H3,(H,23,28). The van der Waals surface area contributed by atoms with Gasteiger partial charge in [-0.15, -0.1) is 5.10 Å². The molecular weight excluding hydrogens is 382 g/mol. The van der Waals surface area contributed by atoms with E-state index in [2.05, 4.69) is 46.8 Å². The number of ether oxygens (including phenoxy) is 1. The van der Waals surface area contributed by atoms with E-state index < -0.39 is 0 Å². The molecular formula is C22H27N5O3. The number of hydrogen-bond donors (Lipinski definition) is 1. The number of aryl methyl sites for hydroxylation is 1. The Balaban J connectivity index is 1.22. The Hall–Kier alpha value is -2.74. The highest BCUT2D eigenvalue weighted by atomic mass is 16.5. The lowest BCUT2D eigenvalue weighted by atomic mass is 9.95. The molecule has 1 aromatic heterocycles. The van der Waals surface area contributed by atoms with E-state index in [1.54, 1.807) is 9.58 Å². The van der Waals surface area contributed by atoms with Crippen LogP contribution in [0.15, 0.2) is 24.3 Å². The van der Waals surface area contributed by atoms with Gasteiger partial charge in [-0.05, 0) is 38.2 Å². The zero-order valence-corrected chi connectivity index (χ0v) is 17.2. The zero-order chi connectivity index (χ0) is 20.7. The van der Waals surface area contributed by atoms with Crippen molar-refractivity contribution in [2.24, 2.45) is 5.92 Å². The second-order valence-electron chi connectivity index (χ2n) is 8.63. The number of rotatable bonds is 4. The van der Waals surface area contributed by atoms with Gasteiger partial charge in [0.05, 0.1) is 18.8 Å². The van der Waals surface area contributed by atoms with Crippen molar-refractivity contribution >= 4 is 11.8 Å². The first-order chi connectivity index (χ1) is 14.6. The zero-order valence-electron chi connectivity index (χ0n) is 17.2. The van der Waals surface area contributed by atoms with Crippen molar-refractivity contribution in [2.45, 2.75) is 57.9 Å². The molecule has 1 aromatic carbocycles. The number of piperidine rings is 1. The Kier molecular flexibility index (Phi) is 5.02. The minimum Gasteiger partial charge on any atom is -0.365 e. The van der Waals surface area contributed by atoms with Crippen LogP contribution >= 0.6 is 0 Å². The molecule has 8 heteroatoms. The first-order valence-corrected chi connectivity index (χ1v) is 10.8. The fraction of sp³-hybridized carbons (Fsp3) is 0.545. The van der Waals surface area contributed by atoms with Crippen LogP contribution in [0.25, 0.3) is 0 Å². The SMILES string of the molecule is Cc1ccc(C2Cn3nnc(C(=O)N4CCC(C(=O)NC5CC5)CC4)c3CO2)cc1. The number of carbonyl (C=O) groups is 2. The highest BCUT2D eigenvalue weighted by molar-refractivity contribution is 5.93. The van der Waals surface area contributed by atoms with Crippen LogP contribution in [0.3, 0.4) is 0 Å². The van der Waals surface area contributed by atoms with Gasteiger partial charge in [0, 0.05) is 25.0 Å². The van der Waals surface area contributed by atoms with Gasteiger partial charge in [-0.1, -0.05) is 35.0 Å². The van der Waals surface area contributed by atoms with E-state index in [-0.39, 0.29) is 23.8 Å². The van der Waals surface area contributed by atoms with Crippen LogP contribution in [-0.2, 0) is 22.7 Å². The predicted octanol–water partition coefficient (Wildman–Crippen LogP) is 1.99. The number of nitrogens with one attached hydrogen (secondary N) is 1. The maximum absolute atomic E-state index is 13.0. The molecule has 2 amide bonds. The number of hydrogen-bond acceptors (Lipinski definition) is 5. The molecule has 0 spiro atoms. The van der Waals surface area contributed by atoms with Gasteiger partial charge in [-0.25, -0.2) is 4.68 Å². The Morgan fingerprint density at radius 3 is 2.53 bits per heavy atom. The van der Waals surface area contributed by atoms with Crippen molar-refractivity contribution in [1.82, 2.24) is 25.2 Å². The first kappa shape index (κ1) is 19.2. The smallest absolute Gasteiger partial charge is 0.276 e. The molecule has 1 atom stereocenters. The number of nitrogens with zero attached hydrogens (tertiary/aromatic N) is 4. The third-order valence-electron chi connectivity index (χ3n) is 6.33. The van der Waals surface area contributed by atoms with Gasteiger partial charge < -0.3 is 15.0 Å². The third kappa shape index (κ3) is 3.84. The van der Waals surface area contributed by atoms with E-state index >= 15 is 0 Å². The molecule has 1 saturated heterocycles. The lowest BCUT2D eigenvalue weighted by Crippen LogP contribution is -2.43. The topological polar surface area (TPSA) is 89.4 Å². The van der Waals surface area contributed by atoms with Crippen LogP contribution in [0, 0.1) is 12.8 Å². The van der Waals surface area contributed by atoms with Crippen LogP contribution in [-0.4, -0.2) is 50.8 Å². The van der Waals surface area contributed by atoms with Crippen molar-refractivity contribution in [3.05, 3.63) is 46.8 Å². The molecule has 158 valence electrons. The molecule has 2 aliphatic heterocycles. The van der Waals surface area contributed by atoms with Crippen LogP contribution in [0.1, 0.15) is 59.1 Å². The minimum atomic E-state index is -0.116. The summed E-state index contributed by atoms with van der Waals surface area (Å²) in [6, 6.07) is 8.65. The Bertz CT molecular complexity index is 942. The number of carbonyl (C=O) groups excluding carboxylic acids is 2. The summed E-state index contributed by atoms with van der Waals surface area (Å²) >= 11 is 0. The van der Waals surface area contributed by atoms with Crippen molar-refractivity contribution in [3.63, 3.8) is 0 Å². The molecule has 0 bridgehead atoms. The van der Waals surface area contributed by atoms with E-state index in [0.717, 1.165) is 24.1 Å². The van der Waals surface area contributed by atoms with Gasteiger partial charge in [-0.2, -0.15) is 0 Å². The lowest BCUT2D eigenvalue weighted by molar-refractivity contribution is -0.126. The van der Waals surface area contributed by atoms with Crippen LogP contribution in [0.4, 0.5) is 0 Å². The second kappa shape index (κ2) is 7.83. The van der Waals surface area contributed by atoms with Gasteiger partial charge in [0.15, 0.2) is 5.69 Å². The quantitative estimate of drug-likeness (QED) is 0.834. The van der Waals surface area contributed by atoms with Gasteiger partial charge in [-0.3, -0.25) is 9.59 Å². The summed E-state index contributed by atoms with van der Waals surface area (Å²) in [5.74, 6) is 0.0261. The number of aromatic nitrogens is 3. The average molecular weight is 409 g/mol. The molecule has 1 aliphatic carbocycles. The van der Waals surface area contributed by atoms with Crippen molar-refractivity contribution in [1.29, 1.82) is 0 Å². The maximum atomic E-state index is 13.0.